The van der Waals surface area contributed by atoms with Crippen molar-refractivity contribution in [2.75, 3.05) is 27.2 Å². The van der Waals surface area contributed by atoms with Crippen molar-refractivity contribution in [3.63, 3.8) is 0 Å². The van der Waals surface area contributed by atoms with Gasteiger partial charge in [-0.1, -0.05) is 18.6 Å². The fraction of sp³-hybridized carbons (Fsp3) is 0.500. The Balaban J connectivity index is 1.71. The second-order valence-corrected chi connectivity index (χ2v) is 6.47. The molecule has 4 heteroatoms. The second-order valence-electron chi connectivity index (χ2n) is 6.47. The maximum absolute atomic E-state index is 4.32. The van der Waals surface area contributed by atoms with Crippen LogP contribution in [-0.2, 0) is 6.54 Å². The number of rotatable bonds is 4. The minimum Gasteiger partial charge on any atom is -0.305 e. The van der Waals surface area contributed by atoms with Gasteiger partial charge in [-0.3, -0.25) is 4.90 Å². The molecule has 4 nitrogen and oxygen atoms in total. The van der Waals surface area contributed by atoms with Crippen LogP contribution < -0.4 is 0 Å². The molecule has 0 spiro atoms. The molecule has 0 radical (unpaired) electrons. The molecule has 0 aliphatic carbocycles. The number of benzene rings is 1. The summed E-state index contributed by atoms with van der Waals surface area (Å²) in [5.74, 6) is 0. The van der Waals surface area contributed by atoms with Crippen LogP contribution in [0.2, 0.25) is 0 Å². The second kappa shape index (κ2) is 7.07. The van der Waals surface area contributed by atoms with Crippen LogP contribution in [0, 0.1) is 0 Å². The number of likely N-dealkylation sites (tertiary alicyclic amines) is 1. The summed E-state index contributed by atoms with van der Waals surface area (Å²) >= 11 is 0. The Morgan fingerprint density at radius 1 is 1.23 bits per heavy atom. The molecule has 2 aromatic rings. The first-order chi connectivity index (χ1) is 10.7. The highest BCUT2D eigenvalue weighted by atomic mass is 15.3. The Morgan fingerprint density at radius 2 is 2.14 bits per heavy atom. The molecule has 1 fully saturated rings. The summed E-state index contributed by atoms with van der Waals surface area (Å²) in [6.45, 7) is 3.40. The van der Waals surface area contributed by atoms with E-state index in [1.807, 2.05) is 23.1 Å². The fourth-order valence-electron chi connectivity index (χ4n) is 3.24. The number of aromatic nitrogens is 2. The van der Waals surface area contributed by atoms with Gasteiger partial charge in [0.15, 0.2) is 0 Å². The lowest BCUT2D eigenvalue weighted by atomic mass is 10.1. The summed E-state index contributed by atoms with van der Waals surface area (Å²) < 4.78 is 1.93. The third-order valence-electron chi connectivity index (χ3n) is 4.55. The van der Waals surface area contributed by atoms with Gasteiger partial charge in [-0.15, -0.1) is 0 Å². The van der Waals surface area contributed by atoms with Gasteiger partial charge in [0.25, 0.3) is 0 Å². The minimum absolute atomic E-state index is 0.678. The smallest absolute Gasteiger partial charge is 0.0648 e. The van der Waals surface area contributed by atoms with E-state index in [0.29, 0.717) is 6.04 Å². The van der Waals surface area contributed by atoms with Gasteiger partial charge in [0.05, 0.1) is 5.69 Å². The first kappa shape index (κ1) is 15.3. The van der Waals surface area contributed by atoms with Crippen molar-refractivity contribution >= 4 is 0 Å². The molecule has 1 aliphatic rings. The molecule has 1 aromatic heterocycles. The summed E-state index contributed by atoms with van der Waals surface area (Å²) in [6, 6.07) is 11.4. The van der Waals surface area contributed by atoms with E-state index in [0.717, 1.165) is 12.2 Å². The predicted octanol–water partition coefficient (Wildman–Crippen LogP) is 2.79. The molecule has 1 aromatic carbocycles. The van der Waals surface area contributed by atoms with Crippen LogP contribution in [0.3, 0.4) is 0 Å². The minimum atomic E-state index is 0.678. The van der Waals surface area contributed by atoms with Crippen molar-refractivity contribution in [1.29, 1.82) is 0 Å². The van der Waals surface area contributed by atoms with Crippen LogP contribution in [0.5, 0.6) is 0 Å². The van der Waals surface area contributed by atoms with Crippen molar-refractivity contribution in [1.82, 2.24) is 19.6 Å². The highest BCUT2D eigenvalue weighted by Gasteiger charge is 2.19. The van der Waals surface area contributed by atoms with E-state index < -0.39 is 0 Å². The Kier molecular flexibility index (Phi) is 4.90. The van der Waals surface area contributed by atoms with E-state index in [1.54, 1.807) is 0 Å². The standard InChI is InChI=1S/C18H26N4/c1-20(2)18-8-3-4-11-21(15-18)14-16-7-5-9-17(13-16)22-12-6-10-19-22/h5-7,9-10,12-13,18H,3-4,8,11,14-15H2,1-2H3. The van der Waals surface area contributed by atoms with E-state index in [-0.39, 0.29) is 0 Å². The molecule has 1 aliphatic heterocycles. The molecule has 1 unspecified atom stereocenters. The fourth-order valence-corrected chi connectivity index (χ4v) is 3.24. The average Bonchev–Trinajstić information content (AvgIpc) is 2.95. The predicted molar refractivity (Wildman–Crippen MR) is 90.2 cm³/mol. The number of hydrogen-bond donors (Lipinski definition) is 0. The van der Waals surface area contributed by atoms with Crippen LogP contribution >= 0.6 is 0 Å². The molecule has 1 saturated heterocycles. The zero-order valence-electron chi connectivity index (χ0n) is 13.7. The normalized spacial score (nSPS) is 20.2. The largest absolute Gasteiger partial charge is 0.305 e. The SMILES string of the molecule is CN(C)C1CCCCN(Cc2cccc(-n3cccn3)c2)C1. The monoisotopic (exact) mass is 298 g/mol. The molecule has 0 N–H and O–H groups in total. The first-order valence-electron chi connectivity index (χ1n) is 8.20. The van der Waals surface area contributed by atoms with Crippen molar-refractivity contribution in [2.24, 2.45) is 0 Å². The number of likely N-dealkylation sites (N-methyl/N-ethyl adjacent to an activating group) is 1. The van der Waals surface area contributed by atoms with Gasteiger partial charge >= 0.3 is 0 Å². The van der Waals surface area contributed by atoms with E-state index in [1.165, 1.54) is 37.9 Å². The lowest BCUT2D eigenvalue weighted by Gasteiger charge is -2.28. The van der Waals surface area contributed by atoms with Crippen molar-refractivity contribution in [3.05, 3.63) is 48.3 Å². The molecule has 0 saturated carbocycles. The Bertz CT molecular complexity index is 577. The Morgan fingerprint density at radius 3 is 2.91 bits per heavy atom. The van der Waals surface area contributed by atoms with Gasteiger partial charge in [0.1, 0.15) is 0 Å². The van der Waals surface area contributed by atoms with Crippen LogP contribution in [0.4, 0.5) is 0 Å². The van der Waals surface area contributed by atoms with Gasteiger partial charge in [-0.05, 0) is 57.2 Å². The third kappa shape index (κ3) is 3.76. The summed E-state index contributed by atoms with van der Waals surface area (Å²) in [5, 5.41) is 4.32. The average molecular weight is 298 g/mol. The van der Waals surface area contributed by atoms with Crippen molar-refractivity contribution in [3.8, 4) is 5.69 Å². The highest BCUT2D eigenvalue weighted by molar-refractivity contribution is 5.35. The third-order valence-corrected chi connectivity index (χ3v) is 4.55. The lowest BCUT2D eigenvalue weighted by molar-refractivity contribution is 0.191. The zero-order chi connectivity index (χ0) is 15.4. The summed E-state index contributed by atoms with van der Waals surface area (Å²) in [4.78, 5) is 4.97. The molecule has 0 bridgehead atoms. The maximum atomic E-state index is 4.32. The Labute approximate surface area is 133 Å². The molecule has 1 atom stereocenters. The first-order valence-corrected chi connectivity index (χ1v) is 8.20. The van der Waals surface area contributed by atoms with Crippen molar-refractivity contribution in [2.45, 2.75) is 31.8 Å². The number of nitrogens with zero attached hydrogens (tertiary/aromatic N) is 4. The van der Waals surface area contributed by atoms with E-state index in [9.17, 15) is 0 Å². The molecular formula is C18H26N4. The summed E-state index contributed by atoms with van der Waals surface area (Å²) in [7, 11) is 4.40. The molecule has 22 heavy (non-hydrogen) atoms. The zero-order valence-corrected chi connectivity index (χ0v) is 13.7. The van der Waals surface area contributed by atoms with E-state index >= 15 is 0 Å². The lowest BCUT2D eigenvalue weighted by Crippen LogP contribution is -2.38. The topological polar surface area (TPSA) is 24.3 Å². The molecule has 118 valence electrons. The van der Waals surface area contributed by atoms with E-state index in [2.05, 4.69) is 53.3 Å². The molecule has 2 heterocycles. The molecule has 3 rings (SSSR count). The van der Waals surface area contributed by atoms with Crippen LogP contribution in [0.1, 0.15) is 24.8 Å². The van der Waals surface area contributed by atoms with Crippen LogP contribution in [-0.4, -0.2) is 52.8 Å². The maximum Gasteiger partial charge on any atom is 0.0648 e. The van der Waals surface area contributed by atoms with Gasteiger partial charge in [-0.25, -0.2) is 4.68 Å². The van der Waals surface area contributed by atoms with Crippen molar-refractivity contribution < 1.29 is 0 Å². The van der Waals surface area contributed by atoms with Gasteiger partial charge in [0.2, 0.25) is 0 Å². The highest BCUT2D eigenvalue weighted by Crippen LogP contribution is 2.17. The summed E-state index contributed by atoms with van der Waals surface area (Å²) in [5.41, 5.74) is 2.51. The summed E-state index contributed by atoms with van der Waals surface area (Å²) in [6.07, 6.45) is 7.78. The number of hydrogen-bond acceptors (Lipinski definition) is 3. The van der Waals surface area contributed by atoms with Gasteiger partial charge < -0.3 is 4.90 Å². The van der Waals surface area contributed by atoms with Crippen LogP contribution in [0.25, 0.3) is 5.69 Å². The Hall–Kier alpha value is -1.65. The van der Waals surface area contributed by atoms with Gasteiger partial charge in [-0.2, -0.15) is 5.10 Å². The van der Waals surface area contributed by atoms with Crippen LogP contribution in [0.15, 0.2) is 42.7 Å². The molecular weight excluding hydrogens is 272 g/mol. The molecule has 0 amide bonds. The van der Waals surface area contributed by atoms with Gasteiger partial charge in [0, 0.05) is 31.5 Å². The quantitative estimate of drug-likeness (QED) is 0.867. The van der Waals surface area contributed by atoms with E-state index in [4.69, 9.17) is 0 Å².